The summed E-state index contributed by atoms with van der Waals surface area (Å²) in [5.74, 6) is -0.929. The molecule has 0 bridgehead atoms. The summed E-state index contributed by atoms with van der Waals surface area (Å²) in [7, 11) is 0. The van der Waals surface area contributed by atoms with Crippen LogP contribution in [0.1, 0.15) is 48.2 Å². The number of carbonyl (C=O) groups is 1. The van der Waals surface area contributed by atoms with Gasteiger partial charge in [-0.2, -0.15) is 4.37 Å². The molecule has 1 aromatic rings. The number of aromatic nitrogens is 1. The Morgan fingerprint density at radius 1 is 1.47 bits per heavy atom. The highest BCUT2D eigenvalue weighted by Gasteiger charge is 2.17. The number of hydrogen-bond donors (Lipinski definition) is 2. The molecule has 0 amide bonds. The molecule has 106 valence electrons. The molecular weight excluding hydrogens is 264 g/mol. The zero-order valence-electron chi connectivity index (χ0n) is 11.1. The third-order valence-corrected chi connectivity index (χ3v) is 4.27. The van der Waals surface area contributed by atoms with E-state index < -0.39 is 5.97 Å². The van der Waals surface area contributed by atoms with E-state index in [1.807, 2.05) is 0 Å². The van der Waals surface area contributed by atoms with Gasteiger partial charge in [0.05, 0.1) is 18.4 Å². The van der Waals surface area contributed by atoms with Crippen molar-refractivity contribution in [2.45, 2.75) is 45.1 Å². The molecule has 0 unspecified atom stereocenters. The minimum absolute atomic E-state index is 0.280. The highest BCUT2D eigenvalue weighted by atomic mass is 32.1. The van der Waals surface area contributed by atoms with Crippen molar-refractivity contribution in [1.29, 1.82) is 0 Å². The first-order chi connectivity index (χ1) is 9.18. The van der Waals surface area contributed by atoms with Crippen molar-refractivity contribution in [3.8, 4) is 0 Å². The molecule has 6 heteroatoms. The van der Waals surface area contributed by atoms with Crippen LogP contribution in [0, 0.1) is 6.92 Å². The van der Waals surface area contributed by atoms with Gasteiger partial charge in [0.1, 0.15) is 10.6 Å². The van der Waals surface area contributed by atoms with Gasteiger partial charge in [0.2, 0.25) is 0 Å². The van der Waals surface area contributed by atoms with Crippen LogP contribution in [0.25, 0.3) is 0 Å². The van der Waals surface area contributed by atoms with Gasteiger partial charge in [-0.3, -0.25) is 0 Å². The SMILES string of the molecule is Cc1nsc(NCCOC2CCCCC2)c1C(=O)O. The van der Waals surface area contributed by atoms with Gasteiger partial charge in [-0.15, -0.1) is 0 Å². The number of nitrogens with one attached hydrogen (secondary N) is 1. The van der Waals surface area contributed by atoms with E-state index in [0.717, 1.165) is 12.8 Å². The third-order valence-electron chi connectivity index (χ3n) is 3.37. The Morgan fingerprint density at radius 3 is 2.89 bits per heavy atom. The van der Waals surface area contributed by atoms with Crippen molar-refractivity contribution in [2.75, 3.05) is 18.5 Å². The lowest BCUT2D eigenvalue weighted by molar-refractivity contribution is 0.0347. The summed E-state index contributed by atoms with van der Waals surface area (Å²) in [6.07, 6.45) is 6.53. The molecule has 0 aliphatic heterocycles. The first-order valence-corrected chi connectivity index (χ1v) is 7.51. The second kappa shape index (κ2) is 6.86. The number of nitrogens with zero attached hydrogens (tertiary/aromatic N) is 1. The van der Waals surface area contributed by atoms with E-state index in [2.05, 4.69) is 9.69 Å². The molecule has 5 nitrogen and oxygen atoms in total. The van der Waals surface area contributed by atoms with Crippen LogP contribution in [-0.2, 0) is 4.74 Å². The topological polar surface area (TPSA) is 71.5 Å². The number of rotatable bonds is 6. The molecule has 0 radical (unpaired) electrons. The molecule has 1 aliphatic rings. The summed E-state index contributed by atoms with van der Waals surface area (Å²) in [4.78, 5) is 11.1. The van der Waals surface area contributed by atoms with Crippen LogP contribution in [0.5, 0.6) is 0 Å². The van der Waals surface area contributed by atoms with Crippen molar-refractivity contribution < 1.29 is 14.6 Å². The lowest BCUT2D eigenvalue weighted by atomic mass is 9.98. The number of anilines is 1. The normalized spacial score (nSPS) is 16.5. The molecule has 1 heterocycles. The van der Waals surface area contributed by atoms with E-state index in [1.165, 1.54) is 30.8 Å². The third kappa shape index (κ3) is 3.91. The Hall–Kier alpha value is -1.14. The van der Waals surface area contributed by atoms with Gasteiger partial charge in [-0.05, 0) is 31.3 Å². The average Bonchev–Trinajstić information content (AvgIpc) is 2.77. The summed E-state index contributed by atoms with van der Waals surface area (Å²) >= 11 is 1.19. The number of ether oxygens (including phenoxy) is 1. The number of carboxylic acid groups (broad SMARTS) is 1. The second-order valence-corrected chi connectivity index (χ2v) is 5.61. The van der Waals surface area contributed by atoms with Gasteiger partial charge in [-0.1, -0.05) is 19.3 Å². The minimum Gasteiger partial charge on any atom is -0.478 e. The second-order valence-electron chi connectivity index (χ2n) is 4.83. The Balaban J connectivity index is 1.75. The highest BCUT2D eigenvalue weighted by molar-refractivity contribution is 7.10. The maximum atomic E-state index is 11.1. The number of aromatic carboxylic acids is 1. The zero-order valence-corrected chi connectivity index (χ0v) is 12.0. The lowest BCUT2D eigenvalue weighted by Gasteiger charge is -2.22. The van der Waals surface area contributed by atoms with Crippen molar-refractivity contribution in [3.63, 3.8) is 0 Å². The molecular formula is C13H20N2O3S. The van der Waals surface area contributed by atoms with Gasteiger partial charge in [0.15, 0.2) is 0 Å². The number of hydrogen-bond acceptors (Lipinski definition) is 5. The molecule has 1 aliphatic carbocycles. The molecule has 0 atom stereocenters. The van der Waals surface area contributed by atoms with Crippen LogP contribution < -0.4 is 5.32 Å². The van der Waals surface area contributed by atoms with E-state index in [-0.39, 0.29) is 5.56 Å². The van der Waals surface area contributed by atoms with Crippen molar-refractivity contribution in [2.24, 2.45) is 0 Å². The zero-order chi connectivity index (χ0) is 13.7. The van der Waals surface area contributed by atoms with E-state index in [9.17, 15) is 4.79 Å². The Labute approximate surface area is 117 Å². The monoisotopic (exact) mass is 284 g/mol. The standard InChI is InChI=1S/C13H20N2O3S/c1-9-11(13(16)17)12(19-15-9)14-7-8-18-10-5-3-2-4-6-10/h10,14H,2-8H2,1H3,(H,16,17). The molecule has 2 N–H and O–H groups in total. The van der Waals surface area contributed by atoms with E-state index in [4.69, 9.17) is 9.84 Å². The fourth-order valence-electron chi connectivity index (χ4n) is 2.36. The fraction of sp³-hybridized carbons (Fsp3) is 0.692. The Kier molecular flexibility index (Phi) is 5.15. The van der Waals surface area contributed by atoms with Gasteiger partial charge in [0.25, 0.3) is 0 Å². The molecule has 1 fully saturated rings. The van der Waals surface area contributed by atoms with E-state index >= 15 is 0 Å². The predicted molar refractivity (Wildman–Crippen MR) is 75.1 cm³/mol. The number of carboxylic acids is 1. The van der Waals surface area contributed by atoms with Crippen LogP contribution in [0.3, 0.4) is 0 Å². The molecule has 2 rings (SSSR count). The van der Waals surface area contributed by atoms with Crippen molar-refractivity contribution in [3.05, 3.63) is 11.3 Å². The van der Waals surface area contributed by atoms with Gasteiger partial charge in [-0.25, -0.2) is 4.79 Å². The summed E-state index contributed by atoms with van der Waals surface area (Å²) < 4.78 is 9.85. The summed E-state index contributed by atoms with van der Waals surface area (Å²) in [6.45, 7) is 2.95. The van der Waals surface area contributed by atoms with Crippen molar-refractivity contribution in [1.82, 2.24) is 4.37 Å². The van der Waals surface area contributed by atoms with Gasteiger partial charge >= 0.3 is 5.97 Å². The van der Waals surface area contributed by atoms with Gasteiger partial charge < -0.3 is 15.2 Å². The molecule has 0 aromatic carbocycles. The predicted octanol–water partition coefficient (Wildman–Crippen LogP) is 2.91. The average molecular weight is 284 g/mol. The highest BCUT2D eigenvalue weighted by Crippen LogP contribution is 2.24. The molecule has 1 aromatic heterocycles. The Bertz CT molecular complexity index is 428. The molecule has 0 saturated heterocycles. The van der Waals surface area contributed by atoms with Crippen molar-refractivity contribution >= 4 is 22.5 Å². The lowest BCUT2D eigenvalue weighted by Crippen LogP contribution is -2.20. The smallest absolute Gasteiger partial charge is 0.340 e. The summed E-state index contributed by atoms with van der Waals surface area (Å²) in [5.41, 5.74) is 0.843. The largest absolute Gasteiger partial charge is 0.478 e. The first-order valence-electron chi connectivity index (χ1n) is 6.73. The molecule has 1 saturated carbocycles. The quantitative estimate of drug-likeness (QED) is 0.786. The van der Waals surface area contributed by atoms with Crippen LogP contribution in [-0.4, -0.2) is 34.7 Å². The maximum Gasteiger partial charge on any atom is 0.340 e. The Morgan fingerprint density at radius 2 is 2.21 bits per heavy atom. The van der Waals surface area contributed by atoms with Crippen LogP contribution in [0.15, 0.2) is 0 Å². The fourth-order valence-corrected chi connectivity index (χ4v) is 3.18. The molecule has 19 heavy (non-hydrogen) atoms. The summed E-state index contributed by atoms with van der Waals surface area (Å²) in [6, 6.07) is 0. The van der Waals surface area contributed by atoms with Crippen LogP contribution >= 0.6 is 11.5 Å². The van der Waals surface area contributed by atoms with E-state index in [1.54, 1.807) is 6.92 Å². The molecule has 0 spiro atoms. The van der Waals surface area contributed by atoms with Crippen LogP contribution in [0.2, 0.25) is 0 Å². The summed E-state index contributed by atoms with van der Waals surface area (Å²) in [5, 5.41) is 12.8. The van der Waals surface area contributed by atoms with Crippen LogP contribution in [0.4, 0.5) is 5.00 Å². The minimum atomic E-state index is -0.929. The maximum absolute atomic E-state index is 11.1. The van der Waals surface area contributed by atoms with Gasteiger partial charge in [0, 0.05) is 6.54 Å². The van der Waals surface area contributed by atoms with E-state index in [0.29, 0.717) is 30.0 Å². The first kappa shape index (κ1) is 14.3. The number of aryl methyl sites for hydroxylation is 1.